The van der Waals surface area contributed by atoms with Gasteiger partial charge < -0.3 is 8.98 Å². The lowest BCUT2D eigenvalue weighted by atomic mass is 10.1. The quantitative estimate of drug-likeness (QED) is 0.522. The topological polar surface area (TPSA) is 56.7 Å². The first-order valence-corrected chi connectivity index (χ1v) is 8.40. The Labute approximate surface area is 147 Å². The van der Waals surface area contributed by atoms with Crippen molar-refractivity contribution >= 4 is 27.0 Å². The van der Waals surface area contributed by atoms with E-state index in [0.717, 1.165) is 21.1 Å². The second-order valence-electron chi connectivity index (χ2n) is 5.81. The van der Waals surface area contributed by atoms with Gasteiger partial charge in [-0.25, -0.2) is 4.98 Å². The molecule has 0 aliphatic heterocycles. The highest BCUT2D eigenvalue weighted by Gasteiger charge is 2.11. The van der Waals surface area contributed by atoms with Crippen molar-refractivity contribution in [3.8, 4) is 11.5 Å². The molecule has 2 aromatic carbocycles. The van der Waals surface area contributed by atoms with Gasteiger partial charge in [0.1, 0.15) is 6.54 Å². The van der Waals surface area contributed by atoms with E-state index in [0.29, 0.717) is 18.3 Å². The molecular weight excluding hydrogens is 368 g/mol. The molecule has 0 unspecified atom stereocenters. The number of nitrogens with zero attached hydrogens (tertiary/aromatic N) is 4. The molecule has 0 fully saturated rings. The summed E-state index contributed by atoms with van der Waals surface area (Å²) in [5, 5.41) is 8.30. The molecule has 5 nitrogen and oxygen atoms in total. The molecule has 0 N–H and O–H groups in total. The summed E-state index contributed by atoms with van der Waals surface area (Å²) in [5.74, 6) is 1.08. The van der Waals surface area contributed by atoms with Gasteiger partial charge in [-0.15, -0.1) is 10.2 Å². The van der Waals surface area contributed by atoms with Crippen LogP contribution in [-0.4, -0.2) is 19.7 Å². The fraction of sp³-hybridized carbons (Fsp3) is 0.167. The van der Waals surface area contributed by atoms with Crippen molar-refractivity contribution in [3.05, 3.63) is 64.2 Å². The molecule has 24 heavy (non-hydrogen) atoms. The normalized spacial score (nSPS) is 11.3. The standard InChI is InChI=1S/C18H15BrN4O/c1-11-7-15-16(8-12(11)2)23(10-20-15)9-17-21-22-18(24-17)13-3-5-14(19)6-4-13/h3-8,10H,9H2,1-2H3. The molecule has 2 heterocycles. The van der Waals surface area contributed by atoms with Gasteiger partial charge in [0.25, 0.3) is 0 Å². The Kier molecular flexibility index (Phi) is 3.69. The number of imidazole rings is 1. The number of aryl methyl sites for hydroxylation is 2. The van der Waals surface area contributed by atoms with Crippen LogP contribution >= 0.6 is 15.9 Å². The van der Waals surface area contributed by atoms with Crippen molar-refractivity contribution in [1.82, 2.24) is 19.7 Å². The highest BCUT2D eigenvalue weighted by Crippen LogP contribution is 2.22. The predicted octanol–water partition coefficient (Wildman–Crippen LogP) is 4.51. The molecule has 0 saturated heterocycles. The number of benzene rings is 2. The zero-order chi connectivity index (χ0) is 16.7. The Bertz CT molecular complexity index is 1020. The molecule has 4 rings (SSSR count). The molecule has 0 spiro atoms. The minimum atomic E-state index is 0.503. The van der Waals surface area contributed by atoms with Crippen molar-refractivity contribution in [2.24, 2.45) is 0 Å². The maximum absolute atomic E-state index is 5.80. The summed E-state index contributed by atoms with van der Waals surface area (Å²) < 4.78 is 8.84. The summed E-state index contributed by atoms with van der Waals surface area (Å²) in [6.45, 7) is 4.70. The Morgan fingerprint density at radius 1 is 1.04 bits per heavy atom. The predicted molar refractivity (Wildman–Crippen MR) is 95.7 cm³/mol. The SMILES string of the molecule is Cc1cc2ncn(Cc3nnc(-c4ccc(Br)cc4)o3)c2cc1C. The van der Waals surface area contributed by atoms with Gasteiger partial charge in [0, 0.05) is 10.0 Å². The number of fused-ring (bicyclic) bond motifs is 1. The van der Waals surface area contributed by atoms with Crippen molar-refractivity contribution < 1.29 is 4.42 Å². The molecular formula is C18H15BrN4O. The zero-order valence-electron chi connectivity index (χ0n) is 13.3. The summed E-state index contributed by atoms with van der Waals surface area (Å²) in [4.78, 5) is 4.46. The minimum Gasteiger partial charge on any atom is -0.419 e. The molecule has 0 bridgehead atoms. The molecule has 0 amide bonds. The van der Waals surface area contributed by atoms with Crippen LogP contribution in [0.4, 0.5) is 0 Å². The van der Waals surface area contributed by atoms with E-state index in [4.69, 9.17) is 4.42 Å². The molecule has 6 heteroatoms. The third kappa shape index (κ3) is 2.73. The fourth-order valence-corrected chi connectivity index (χ4v) is 2.88. The van der Waals surface area contributed by atoms with Crippen LogP contribution in [0.3, 0.4) is 0 Å². The van der Waals surface area contributed by atoms with E-state index in [1.807, 2.05) is 35.2 Å². The number of aromatic nitrogens is 4. The highest BCUT2D eigenvalue weighted by molar-refractivity contribution is 9.10. The van der Waals surface area contributed by atoms with Gasteiger partial charge >= 0.3 is 0 Å². The monoisotopic (exact) mass is 382 g/mol. The van der Waals surface area contributed by atoms with Crippen LogP contribution < -0.4 is 0 Å². The summed E-state index contributed by atoms with van der Waals surface area (Å²) in [5.41, 5.74) is 5.43. The smallest absolute Gasteiger partial charge is 0.247 e. The first-order valence-electron chi connectivity index (χ1n) is 7.60. The fourth-order valence-electron chi connectivity index (χ4n) is 2.61. The highest BCUT2D eigenvalue weighted by atomic mass is 79.9. The van der Waals surface area contributed by atoms with Crippen LogP contribution in [0.5, 0.6) is 0 Å². The minimum absolute atomic E-state index is 0.503. The third-order valence-electron chi connectivity index (χ3n) is 4.10. The maximum Gasteiger partial charge on any atom is 0.247 e. The number of hydrogen-bond donors (Lipinski definition) is 0. The van der Waals surface area contributed by atoms with Gasteiger partial charge in [-0.1, -0.05) is 15.9 Å². The molecule has 4 aromatic rings. The second-order valence-corrected chi connectivity index (χ2v) is 6.72. The number of halogens is 1. The Hall–Kier alpha value is -2.47. The Balaban J connectivity index is 1.64. The lowest BCUT2D eigenvalue weighted by Gasteiger charge is -2.03. The summed E-state index contributed by atoms with van der Waals surface area (Å²) >= 11 is 3.42. The van der Waals surface area contributed by atoms with E-state index in [9.17, 15) is 0 Å². The van der Waals surface area contributed by atoms with Gasteiger partial charge in [0.15, 0.2) is 0 Å². The first-order chi connectivity index (χ1) is 11.6. The number of hydrogen-bond acceptors (Lipinski definition) is 4. The van der Waals surface area contributed by atoms with Crippen molar-refractivity contribution in [3.63, 3.8) is 0 Å². The van der Waals surface area contributed by atoms with E-state index in [1.54, 1.807) is 0 Å². The summed E-state index contributed by atoms with van der Waals surface area (Å²) in [6, 6.07) is 12.0. The van der Waals surface area contributed by atoms with Crippen LogP contribution in [0.15, 0.2) is 51.6 Å². The average molecular weight is 383 g/mol. The molecule has 2 aromatic heterocycles. The van der Waals surface area contributed by atoms with Crippen LogP contribution in [0.2, 0.25) is 0 Å². The van der Waals surface area contributed by atoms with Gasteiger partial charge in [-0.2, -0.15) is 0 Å². The molecule has 120 valence electrons. The maximum atomic E-state index is 5.80. The third-order valence-corrected chi connectivity index (χ3v) is 4.63. The summed E-state index contributed by atoms with van der Waals surface area (Å²) in [6.07, 6.45) is 1.81. The lowest BCUT2D eigenvalue weighted by molar-refractivity contribution is 0.491. The van der Waals surface area contributed by atoms with Crippen LogP contribution in [-0.2, 0) is 6.54 Å². The molecule has 0 radical (unpaired) electrons. The van der Waals surface area contributed by atoms with Crippen molar-refractivity contribution in [2.45, 2.75) is 20.4 Å². The van der Waals surface area contributed by atoms with E-state index < -0.39 is 0 Å². The number of rotatable bonds is 3. The van der Waals surface area contributed by atoms with E-state index in [2.05, 4.69) is 57.1 Å². The second kappa shape index (κ2) is 5.87. The van der Waals surface area contributed by atoms with Gasteiger partial charge in [-0.3, -0.25) is 0 Å². The molecule has 0 aliphatic rings. The molecule has 0 atom stereocenters. The average Bonchev–Trinajstić information content (AvgIpc) is 3.17. The van der Waals surface area contributed by atoms with E-state index >= 15 is 0 Å². The first kappa shape index (κ1) is 15.1. The van der Waals surface area contributed by atoms with Gasteiger partial charge in [0.05, 0.1) is 17.4 Å². The van der Waals surface area contributed by atoms with Crippen LogP contribution in [0, 0.1) is 13.8 Å². The van der Waals surface area contributed by atoms with Crippen LogP contribution in [0.25, 0.3) is 22.5 Å². The summed E-state index contributed by atoms with van der Waals surface area (Å²) in [7, 11) is 0. The van der Waals surface area contributed by atoms with Crippen molar-refractivity contribution in [1.29, 1.82) is 0 Å². The lowest BCUT2D eigenvalue weighted by Crippen LogP contribution is -1.98. The van der Waals surface area contributed by atoms with Gasteiger partial charge in [-0.05, 0) is 61.4 Å². The van der Waals surface area contributed by atoms with Gasteiger partial charge in [0.2, 0.25) is 11.8 Å². The van der Waals surface area contributed by atoms with Crippen molar-refractivity contribution in [2.75, 3.05) is 0 Å². The Morgan fingerprint density at radius 3 is 2.58 bits per heavy atom. The van der Waals surface area contributed by atoms with Crippen LogP contribution in [0.1, 0.15) is 17.0 Å². The molecule has 0 saturated carbocycles. The van der Waals surface area contributed by atoms with E-state index in [1.165, 1.54) is 11.1 Å². The molecule has 0 aliphatic carbocycles. The van der Waals surface area contributed by atoms with E-state index in [-0.39, 0.29) is 0 Å². The largest absolute Gasteiger partial charge is 0.419 e. The Morgan fingerprint density at radius 2 is 1.79 bits per heavy atom. The zero-order valence-corrected chi connectivity index (χ0v) is 14.9.